The molecule has 24 aromatic rings. The van der Waals surface area contributed by atoms with Gasteiger partial charge in [0.05, 0.1) is 11.1 Å². The van der Waals surface area contributed by atoms with Crippen molar-refractivity contribution < 1.29 is 13.3 Å². The lowest BCUT2D eigenvalue weighted by Gasteiger charge is -2.26. The van der Waals surface area contributed by atoms with Gasteiger partial charge in [-0.2, -0.15) is 0 Å². The molecule has 0 fully saturated rings. The zero-order valence-corrected chi connectivity index (χ0v) is 75.9. The Hall–Kier alpha value is -16.8. The number of rotatable bonds is 12. The van der Waals surface area contributed by atoms with E-state index in [-0.39, 0.29) is 16.2 Å². The zero-order chi connectivity index (χ0) is 90.4. The third-order valence-electron chi connectivity index (χ3n) is 28.9. The van der Waals surface area contributed by atoms with E-state index >= 15 is 0 Å². The van der Waals surface area contributed by atoms with Crippen molar-refractivity contribution in [3.63, 3.8) is 0 Å². The van der Waals surface area contributed by atoms with Gasteiger partial charge in [-0.25, -0.2) is 0 Å². The quantitative estimate of drug-likeness (QED) is 0.121. The van der Waals surface area contributed by atoms with Crippen LogP contribution in [0.4, 0.5) is 51.2 Å². The Morgan fingerprint density at radius 3 is 0.926 bits per heavy atom. The van der Waals surface area contributed by atoms with Crippen molar-refractivity contribution in [2.24, 2.45) is 0 Å². The second-order valence-electron chi connectivity index (χ2n) is 37.8. The van der Waals surface area contributed by atoms with E-state index in [1.807, 2.05) is 0 Å². The average molecular weight is 1730 g/mol. The fraction of sp³-hybridized carbons (Fsp3) is 0.0698. The fourth-order valence-electron chi connectivity index (χ4n) is 22.1. The summed E-state index contributed by atoms with van der Waals surface area (Å²) in [6, 6.07) is 164. The Morgan fingerprint density at radius 1 is 0.178 bits per heavy atom. The normalized spacial score (nSPS) is 13.3. The molecule has 6 heteroatoms. The highest BCUT2D eigenvalue weighted by Crippen LogP contribution is 2.58. The lowest BCUT2D eigenvalue weighted by atomic mass is 9.82. The lowest BCUT2D eigenvalue weighted by Crippen LogP contribution is -2.14. The molecule has 3 heterocycles. The van der Waals surface area contributed by atoms with E-state index in [1.165, 1.54) is 132 Å². The number of fused-ring (bicyclic) bond motifs is 24. The van der Waals surface area contributed by atoms with Gasteiger partial charge in [0.2, 0.25) is 0 Å². The summed E-state index contributed by atoms with van der Waals surface area (Å²) in [6.45, 7) is 13.9. The van der Waals surface area contributed by atoms with Crippen molar-refractivity contribution in [3.8, 4) is 66.8 Å². The third kappa shape index (κ3) is 13.4. The summed E-state index contributed by atoms with van der Waals surface area (Å²) in [5, 5.41) is 14.4. The van der Waals surface area contributed by atoms with Crippen molar-refractivity contribution in [3.05, 3.63) is 488 Å². The van der Waals surface area contributed by atoms with Gasteiger partial charge in [0.15, 0.2) is 0 Å². The smallest absolute Gasteiger partial charge is 0.143 e. The molecule has 0 saturated carbocycles. The van der Waals surface area contributed by atoms with Crippen LogP contribution in [0.3, 0.4) is 0 Å². The van der Waals surface area contributed by atoms with E-state index in [4.69, 9.17) is 13.3 Å². The molecule has 3 aliphatic carbocycles. The number of para-hydroxylation sites is 3. The number of nitrogens with zero attached hydrogens (tertiary/aromatic N) is 3. The molecular weight excluding hydrogens is 1640 g/mol. The highest BCUT2D eigenvalue weighted by Gasteiger charge is 2.41. The summed E-state index contributed by atoms with van der Waals surface area (Å²) in [4.78, 5) is 6.99. The summed E-state index contributed by atoms with van der Waals surface area (Å²) < 4.78 is 20.3. The van der Waals surface area contributed by atoms with Crippen LogP contribution in [0, 0.1) is 0 Å². The van der Waals surface area contributed by atoms with Crippen LogP contribution in [0.2, 0.25) is 0 Å². The minimum absolute atomic E-state index is 0.0621. The van der Waals surface area contributed by atoms with Crippen molar-refractivity contribution in [1.82, 2.24) is 0 Å². The van der Waals surface area contributed by atoms with Gasteiger partial charge in [-0.15, -0.1) is 0 Å². The number of anilines is 9. The van der Waals surface area contributed by atoms with E-state index in [0.29, 0.717) is 0 Å². The Balaban J connectivity index is 0.000000108. The molecule has 27 rings (SSSR count). The molecule has 0 atom stereocenters. The molecule has 3 aliphatic rings. The third-order valence-corrected chi connectivity index (χ3v) is 28.9. The van der Waals surface area contributed by atoms with Crippen molar-refractivity contribution >= 4 is 149 Å². The van der Waals surface area contributed by atoms with Crippen LogP contribution in [0.15, 0.2) is 468 Å². The first-order chi connectivity index (χ1) is 66.2. The van der Waals surface area contributed by atoms with Gasteiger partial charge in [-0.3, -0.25) is 0 Å². The Kier molecular flexibility index (Phi) is 18.9. The SMILES string of the molecule is CC1(C)c2ccccc2-c2c1ccc1c2oc2cc(N(c3ccccc3)c3ccc(-c4ccc5ccccc5c4)cc3)ccc21.CC1(C)c2ccccc2-c2c1ccc1c2oc2ccc(N(c3ccccc3)c3ccc(-c4ccc5ccccc5c4)cc3)cc21.CC1(C)c2ccccc2-c2c1ccc1c2oc2cccc(N(c3ccccc3)c3ccc(-c4ccc5ccccc5c4)cc3)c21. The van der Waals surface area contributed by atoms with Crippen LogP contribution in [0.25, 0.3) is 165 Å². The molecule has 21 aromatic carbocycles. The van der Waals surface area contributed by atoms with Gasteiger partial charge >= 0.3 is 0 Å². The van der Waals surface area contributed by atoms with E-state index in [2.05, 4.69) is 511 Å². The van der Waals surface area contributed by atoms with E-state index in [1.54, 1.807) is 0 Å². The van der Waals surface area contributed by atoms with E-state index < -0.39 is 0 Å². The number of hydrogen-bond acceptors (Lipinski definition) is 6. The van der Waals surface area contributed by atoms with Gasteiger partial charge < -0.3 is 28.0 Å². The molecule has 6 nitrogen and oxygen atoms in total. The first-order valence-electron chi connectivity index (χ1n) is 46.8. The van der Waals surface area contributed by atoms with Crippen LogP contribution in [0.1, 0.15) is 74.9 Å². The standard InChI is InChI=1S/3C43H31NO/c1-43(2)36-16-9-8-15-34(36)40-37(43)26-25-35-41-38(17-10-18-39(41)45-42(35)40)44(32-13-4-3-5-14-32)33-23-21-29(22-24-33)31-20-19-28-11-6-7-12-30(28)27-31;1-43(2)38-15-9-8-14-36(38)41-39(43)24-23-35-37-27-34(22-25-40(37)45-42(35)41)44(32-12-4-3-5-13-32)33-20-18-29(19-21-33)31-17-16-28-10-6-7-11-30(28)26-31;1-43(2)38-15-9-8-14-37(38)41-39(43)25-24-36-35-23-22-34(27-40(35)45-42(36)41)44(32-12-4-3-5-13-32)33-20-18-29(19-21-33)31-17-16-28-10-6-7-11-30(28)26-31/h3*3-27H,1-2H3. The topological polar surface area (TPSA) is 49.1 Å². The van der Waals surface area contributed by atoms with Gasteiger partial charge in [0.1, 0.15) is 33.5 Å². The monoisotopic (exact) mass is 1730 g/mol. The Bertz CT molecular complexity index is 8750. The molecule has 0 N–H and O–H groups in total. The molecule has 0 saturated heterocycles. The maximum absolute atomic E-state index is 6.79. The van der Waals surface area contributed by atoms with Crippen LogP contribution in [-0.4, -0.2) is 0 Å². The van der Waals surface area contributed by atoms with E-state index in [0.717, 1.165) is 117 Å². The molecule has 0 aliphatic heterocycles. The highest BCUT2D eigenvalue weighted by atomic mass is 16.3. The number of hydrogen-bond donors (Lipinski definition) is 0. The van der Waals surface area contributed by atoms with Crippen LogP contribution in [0.5, 0.6) is 0 Å². The van der Waals surface area contributed by atoms with Gasteiger partial charge in [-0.05, 0) is 249 Å². The van der Waals surface area contributed by atoms with Crippen molar-refractivity contribution in [2.75, 3.05) is 14.7 Å². The van der Waals surface area contributed by atoms with Crippen molar-refractivity contribution in [1.29, 1.82) is 0 Å². The largest absolute Gasteiger partial charge is 0.455 e. The predicted octanol–water partition coefficient (Wildman–Crippen LogP) is 36.5. The van der Waals surface area contributed by atoms with Crippen LogP contribution >= 0.6 is 0 Å². The number of furan rings is 3. The molecule has 0 bridgehead atoms. The Labute approximate surface area is 784 Å². The molecule has 3 aromatic heterocycles. The maximum Gasteiger partial charge on any atom is 0.143 e. The second-order valence-corrected chi connectivity index (χ2v) is 37.8. The molecule has 135 heavy (non-hydrogen) atoms. The molecule has 0 spiro atoms. The first kappa shape index (κ1) is 80.3. The average Bonchev–Trinajstić information content (AvgIpc) is 1.56. The zero-order valence-electron chi connectivity index (χ0n) is 75.9. The highest BCUT2D eigenvalue weighted by molar-refractivity contribution is 6.19. The lowest BCUT2D eigenvalue weighted by molar-refractivity contribution is 0.653. The molecular formula is C129H93N3O3. The van der Waals surface area contributed by atoms with Gasteiger partial charge in [-0.1, -0.05) is 357 Å². The summed E-state index contributed by atoms with van der Waals surface area (Å²) in [7, 11) is 0. The molecule has 0 unspecified atom stereocenters. The predicted molar refractivity (Wildman–Crippen MR) is 567 cm³/mol. The molecule has 0 amide bonds. The van der Waals surface area contributed by atoms with Crippen molar-refractivity contribution in [2.45, 2.75) is 57.8 Å². The first-order valence-corrected chi connectivity index (χ1v) is 46.8. The van der Waals surface area contributed by atoms with E-state index in [9.17, 15) is 0 Å². The Morgan fingerprint density at radius 2 is 0.489 bits per heavy atom. The van der Waals surface area contributed by atoms with Gasteiger partial charge in [0, 0.05) is 111 Å². The molecule has 642 valence electrons. The molecule has 0 radical (unpaired) electrons. The van der Waals surface area contributed by atoms with Crippen LogP contribution < -0.4 is 14.7 Å². The van der Waals surface area contributed by atoms with Crippen LogP contribution in [-0.2, 0) is 16.2 Å². The summed E-state index contributed by atoms with van der Waals surface area (Å²) in [5.41, 5.74) is 38.1. The minimum Gasteiger partial charge on any atom is -0.455 e. The summed E-state index contributed by atoms with van der Waals surface area (Å²) in [5.74, 6) is 0. The van der Waals surface area contributed by atoms with Gasteiger partial charge in [0.25, 0.3) is 0 Å². The summed E-state index contributed by atoms with van der Waals surface area (Å²) in [6.07, 6.45) is 0. The summed E-state index contributed by atoms with van der Waals surface area (Å²) >= 11 is 0. The minimum atomic E-state index is -0.0786. The second kappa shape index (κ2) is 31.8. The maximum atomic E-state index is 6.79. The fourth-order valence-corrected chi connectivity index (χ4v) is 22.1. The number of benzene rings is 21.